The Morgan fingerprint density at radius 2 is 2.10 bits per heavy atom. The summed E-state index contributed by atoms with van der Waals surface area (Å²) in [4.78, 5) is 13.6. The fourth-order valence-electron chi connectivity index (χ4n) is 2.85. The third kappa shape index (κ3) is 3.54. The molecular weight excluding hydrogens is 282 g/mol. The van der Waals surface area contributed by atoms with Gasteiger partial charge in [-0.15, -0.1) is 11.3 Å². The molecule has 0 aliphatic carbocycles. The predicted molar refractivity (Wildman–Crippen MR) is 88.2 cm³/mol. The highest BCUT2D eigenvalue weighted by atomic mass is 32.1. The molecule has 0 spiro atoms. The second-order valence-corrected chi connectivity index (χ2v) is 6.79. The van der Waals surface area contributed by atoms with Crippen molar-refractivity contribution in [3.63, 3.8) is 0 Å². The maximum atomic E-state index is 12.0. The van der Waals surface area contributed by atoms with Crippen LogP contribution < -0.4 is 15.5 Å². The first-order valence-electron chi connectivity index (χ1n) is 7.55. The lowest BCUT2D eigenvalue weighted by Gasteiger charge is -2.26. The van der Waals surface area contributed by atoms with Crippen LogP contribution in [0.1, 0.15) is 12.8 Å². The lowest BCUT2D eigenvalue weighted by molar-refractivity contribution is -0.885. The number of rotatable bonds is 3. The molecule has 1 fully saturated rings. The average Bonchev–Trinajstić information content (AvgIpc) is 2.90. The maximum Gasteiger partial charge on any atom is 0.319 e. The van der Waals surface area contributed by atoms with Gasteiger partial charge in [-0.25, -0.2) is 4.79 Å². The van der Waals surface area contributed by atoms with E-state index >= 15 is 0 Å². The van der Waals surface area contributed by atoms with Crippen molar-refractivity contribution in [3.8, 4) is 0 Å². The Labute approximate surface area is 129 Å². The van der Waals surface area contributed by atoms with Gasteiger partial charge in [-0.05, 0) is 12.0 Å². The van der Waals surface area contributed by atoms with E-state index in [2.05, 4.69) is 23.7 Å². The maximum absolute atomic E-state index is 12.0. The second kappa shape index (κ2) is 6.45. The number of benzene rings is 1. The molecule has 3 rings (SSSR count). The second-order valence-electron chi connectivity index (χ2n) is 5.88. The number of piperidine rings is 1. The Hall–Kier alpha value is -1.59. The monoisotopic (exact) mass is 304 g/mol. The van der Waals surface area contributed by atoms with Crippen molar-refractivity contribution in [3.05, 3.63) is 29.6 Å². The van der Waals surface area contributed by atoms with Gasteiger partial charge in [0.15, 0.2) is 0 Å². The van der Waals surface area contributed by atoms with Crippen molar-refractivity contribution in [2.24, 2.45) is 5.92 Å². The highest BCUT2D eigenvalue weighted by molar-refractivity contribution is 7.17. The van der Waals surface area contributed by atoms with E-state index in [1.165, 1.54) is 30.6 Å². The molecule has 3 N–H and O–H groups in total. The van der Waals surface area contributed by atoms with Crippen LogP contribution in [0.25, 0.3) is 10.1 Å². The van der Waals surface area contributed by atoms with Gasteiger partial charge in [0, 0.05) is 34.9 Å². The van der Waals surface area contributed by atoms with Crippen molar-refractivity contribution in [1.82, 2.24) is 5.32 Å². The van der Waals surface area contributed by atoms with Crippen LogP contribution in [0.5, 0.6) is 0 Å². The number of carbonyl (C=O) groups excluding carboxylic acids is 1. The molecule has 4 nitrogen and oxygen atoms in total. The first-order chi connectivity index (χ1) is 10.2. The van der Waals surface area contributed by atoms with Gasteiger partial charge in [-0.3, -0.25) is 0 Å². The molecule has 21 heavy (non-hydrogen) atoms. The molecule has 1 aromatic carbocycles. The number of amides is 2. The number of nitrogens with one attached hydrogen (secondary N) is 3. The first kappa shape index (κ1) is 14.4. The molecule has 1 aliphatic rings. The van der Waals surface area contributed by atoms with E-state index in [9.17, 15) is 4.79 Å². The van der Waals surface area contributed by atoms with Crippen molar-refractivity contribution >= 4 is 33.1 Å². The number of hydrogen-bond acceptors (Lipinski definition) is 2. The molecule has 0 atom stereocenters. The van der Waals surface area contributed by atoms with Gasteiger partial charge < -0.3 is 15.5 Å². The summed E-state index contributed by atoms with van der Waals surface area (Å²) in [6.07, 6.45) is 2.40. The zero-order valence-corrected chi connectivity index (χ0v) is 13.1. The standard InChI is InChI=1S/C16H21N3OS/c1-19-8-6-12(7-9-19)10-17-16(20)18-14-11-21-15-5-3-2-4-13(14)15/h2-5,11-12H,6-10H2,1H3,(H2,17,18,20)/p+1. The summed E-state index contributed by atoms with van der Waals surface area (Å²) in [7, 11) is 2.23. The van der Waals surface area contributed by atoms with Crippen LogP contribution in [0.15, 0.2) is 29.6 Å². The molecule has 0 radical (unpaired) electrons. The molecule has 112 valence electrons. The van der Waals surface area contributed by atoms with Gasteiger partial charge in [0.2, 0.25) is 0 Å². The van der Waals surface area contributed by atoms with Crippen molar-refractivity contribution in [2.45, 2.75) is 12.8 Å². The lowest BCUT2D eigenvalue weighted by Crippen LogP contribution is -3.10. The number of hydrogen-bond donors (Lipinski definition) is 3. The van der Waals surface area contributed by atoms with Crippen LogP contribution in [-0.2, 0) is 0 Å². The normalized spacial score (nSPS) is 22.1. The van der Waals surface area contributed by atoms with E-state index < -0.39 is 0 Å². The minimum absolute atomic E-state index is 0.0928. The Bertz CT molecular complexity index is 617. The molecule has 1 aromatic heterocycles. The number of likely N-dealkylation sites (tertiary alicyclic amines) is 1. The van der Waals surface area contributed by atoms with Gasteiger partial charge in [-0.1, -0.05) is 18.2 Å². The third-order valence-electron chi connectivity index (χ3n) is 4.24. The smallest absolute Gasteiger partial charge is 0.319 e. The van der Waals surface area contributed by atoms with Crippen molar-refractivity contribution in [1.29, 1.82) is 0 Å². The molecule has 0 bridgehead atoms. The fraction of sp³-hybridized carbons (Fsp3) is 0.438. The molecule has 2 aromatic rings. The molecule has 5 heteroatoms. The Morgan fingerprint density at radius 3 is 2.90 bits per heavy atom. The fourth-order valence-corrected chi connectivity index (χ4v) is 3.75. The zero-order valence-electron chi connectivity index (χ0n) is 12.3. The highest BCUT2D eigenvalue weighted by Crippen LogP contribution is 2.29. The number of thiophene rings is 1. The molecule has 2 heterocycles. The number of anilines is 1. The minimum Gasteiger partial charge on any atom is -0.338 e. The first-order valence-corrected chi connectivity index (χ1v) is 8.43. The van der Waals surface area contributed by atoms with Crippen molar-refractivity contribution < 1.29 is 9.69 Å². The lowest BCUT2D eigenvalue weighted by atomic mass is 9.97. The number of fused-ring (bicyclic) bond motifs is 1. The van der Waals surface area contributed by atoms with Crippen LogP contribution in [0, 0.1) is 5.92 Å². The molecule has 0 unspecified atom stereocenters. The van der Waals surface area contributed by atoms with Crippen LogP contribution in [0.3, 0.4) is 0 Å². The summed E-state index contributed by atoms with van der Waals surface area (Å²) in [5.74, 6) is 0.624. The van der Waals surface area contributed by atoms with Gasteiger partial charge in [-0.2, -0.15) is 0 Å². The van der Waals surface area contributed by atoms with Gasteiger partial charge in [0.05, 0.1) is 25.8 Å². The van der Waals surface area contributed by atoms with E-state index in [-0.39, 0.29) is 6.03 Å². The summed E-state index contributed by atoms with van der Waals surface area (Å²) in [6, 6.07) is 8.04. The third-order valence-corrected chi connectivity index (χ3v) is 5.20. The number of quaternary nitrogens is 1. The van der Waals surface area contributed by atoms with Crippen LogP contribution >= 0.6 is 11.3 Å². The van der Waals surface area contributed by atoms with E-state index in [4.69, 9.17) is 0 Å². The van der Waals surface area contributed by atoms with E-state index in [0.717, 1.165) is 17.6 Å². The topological polar surface area (TPSA) is 45.6 Å². The molecule has 1 saturated heterocycles. The number of carbonyl (C=O) groups is 1. The quantitative estimate of drug-likeness (QED) is 0.797. The molecule has 1 aliphatic heterocycles. The van der Waals surface area contributed by atoms with Crippen molar-refractivity contribution in [2.75, 3.05) is 32.0 Å². The van der Waals surface area contributed by atoms with E-state index in [1.807, 2.05) is 23.6 Å². The molecule has 2 amide bonds. The average molecular weight is 304 g/mol. The summed E-state index contributed by atoms with van der Waals surface area (Å²) in [6.45, 7) is 3.20. The van der Waals surface area contributed by atoms with Crippen LogP contribution in [-0.4, -0.2) is 32.7 Å². The summed E-state index contributed by atoms with van der Waals surface area (Å²) < 4.78 is 1.20. The highest BCUT2D eigenvalue weighted by Gasteiger charge is 2.19. The van der Waals surface area contributed by atoms with E-state index in [1.54, 1.807) is 16.2 Å². The van der Waals surface area contributed by atoms with E-state index in [0.29, 0.717) is 5.92 Å². The summed E-state index contributed by atoms with van der Waals surface area (Å²) in [5.41, 5.74) is 0.904. The molecular formula is C16H22N3OS+. The predicted octanol–water partition coefficient (Wildman–Crippen LogP) is 1.95. The molecule has 0 saturated carbocycles. The van der Waals surface area contributed by atoms with Crippen LogP contribution in [0.4, 0.5) is 10.5 Å². The number of urea groups is 1. The minimum atomic E-state index is -0.0928. The Kier molecular flexibility index (Phi) is 4.41. The van der Waals surface area contributed by atoms with Crippen LogP contribution in [0.2, 0.25) is 0 Å². The SMILES string of the molecule is C[NH+]1CCC(CNC(=O)Nc2csc3ccccc23)CC1. The largest absolute Gasteiger partial charge is 0.338 e. The van der Waals surface area contributed by atoms with Gasteiger partial charge in [0.1, 0.15) is 0 Å². The zero-order chi connectivity index (χ0) is 14.7. The van der Waals surface area contributed by atoms with Gasteiger partial charge >= 0.3 is 6.03 Å². The Balaban J connectivity index is 1.52. The summed E-state index contributed by atoms with van der Waals surface area (Å²) >= 11 is 1.66. The van der Waals surface area contributed by atoms with Gasteiger partial charge in [0.25, 0.3) is 0 Å². The Morgan fingerprint density at radius 1 is 1.33 bits per heavy atom. The summed E-state index contributed by atoms with van der Waals surface area (Å²) in [5, 5.41) is 9.10.